The predicted molar refractivity (Wildman–Crippen MR) is 124 cm³/mol. The molecule has 0 bridgehead atoms. The summed E-state index contributed by atoms with van der Waals surface area (Å²) in [4.78, 5) is 33.2. The molecule has 0 saturated carbocycles. The van der Waals surface area contributed by atoms with Crippen molar-refractivity contribution in [3.8, 4) is 5.75 Å². The molecule has 32 heavy (non-hydrogen) atoms. The lowest BCUT2D eigenvalue weighted by Crippen LogP contribution is -2.29. The van der Waals surface area contributed by atoms with E-state index < -0.39 is 11.9 Å². The van der Waals surface area contributed by atoms with Gasteiger partial charge < -0.3 is 9.52 Å². The lowest BCUT2D eigenvalue weighted by Gasteiger charge is -2.22. The van der Waals surface area contributed by atoms with E-state index in [9.17, 15) is 14.7 Å². The summed E-state index contributed by atoms with van der Waals surface area (Å²) in [6.07, 6.45) is 0. The van der Waals surface area contributed by atoms with Crippen molar-refractivity contribution in [3.05, 3.63) is 98.9 Å². The minimum atomic E-state index is -0.790. The van der Waals surface area contributed by atoms with Crippen LogP contribution in [0.15, 0.2) is 75.9 Å². The zero-order chi connectivity index (χ0) is 22.0. The van der Waals surface area contributed by atoms with Gasteiger partial charge in [-0.1, -0.05) is 47.2 Å². The monoisotopic (exact) mass is 460 g/mol. The summed E-state index contributed by atoms with van der Waals surface area (Å²) in [5.41, 5.74) is 1.57. The number of aromatic nitrogens is 1. The summed E-state index contributed by atoms with van der Waals surface area (Å²) >= 11 is 7.43. The molecule has 8 heteroatoms. The Balaban J connectivity index is 1.65. The first-order valence-corrected chi connectivity index (χ1v) is 10.9. The van der Waals surface area contributed by atoms with Crippen molar-refractivity contribution in [1.82, 2.24) is 4.98 Å². The van der Waals surface area contributed by atoms with Gasteiger partial charge in [-0.25, -0.2) is 4.98 Å². The number of anilines is 1. The number of rotatable bonds is 2. The number of hydrogen-bond donors (Lipinski definition) is 1. The molecule has 1 aliphatic rings. The summed E-state index contributed by atoms with van der Waals surface area (Å²) in [7, 11) is 0. The van der Waals surface area contributed by atoms with Crippen LogP contribution < -0.4 is 10.3 Å². The fourth-order valence-electron chi connectivity index (χ4n) is 4.12. The zero-order valence-corrected chi connectivity index (χ0v) is 17.9. The van der Waals surface area contributed by atoms with Crippen LogP contribution in [0.1, 0.15) is 27.7 Å². The normalized spacial score (nSPS) is 15.6. The highest BCUT2D eigenvalue weighted by atomic mass is 35.5. The van der Waals surface area contributed by atoms with Gasteiger partial charge in [-0.3, -0.25) is 14.5 Å². The van der Waals surface area contributed by atoms with Crippen molar-refractivity contribution >= 4 is 55.2 Å². The van der Waals surface area contributed by atoms with E-state index in [1.807, 2.05) is 0 Å². The van der Waals surface area contributed by atoms with Crippen LogP contribution in [0.3, 0.4) is 0 Å². The van der Waals surface area contributed by atoms with E-state index in [4.69, 9.17) is 16.0 Å². The van der Waals surface area contributed by atoms with E-state index in [1.165, 1.54) is 22.3 Å². The first-order valence-electron chi connectivity index (χ1n) is 9.75. The third kappa shape index (κ3) is 2.75. The largest absolute Gasteiger partial charge is 0.508 e. The molecular formula is C24H13ClN2O4S. The highest BCUT2D eigenvalue weighted by molar-refractivity contribution is 7.22. The van der Waals surface area contributed by atoms with Crippen LogP contribution in [0.5, 0.6) is 5.75 Å². The molecule has 6 nitrogen and oxygen atoms in total. The second kappa shape index (κ2) is 6.91. The van der Waals surface area contributed by atoms with Crippen molar-refractivity contribution in [1.29, 1.82) is 0 Å². The number of amides is 1. The van der Waals surface area contributed by atoms with Crippen LogP contribution in [-0.2, 0) is 0 Å². The Morgan fingerprint density at radius 1 is 1.03 bits per heavy atom. The smallest absolute Gasteiger partial charge is 0.297 e. The number of phenols is 1. The Morgan fingerprint density at radius 3 is 2.72 bits per heavy atom. The number of benzene rings is 3. The quantitative estimate of drug-likeness (QED) is 0.375. The lowest BCUT2D eigenvalue weighted by molar-refractivity contribution is 0.0971. The number of carbonyl (C=O) groups excluding carboxylic acids is 1. The van der Waals surface area contributed by atoms with Crippen molar-refractivity contribution in [2.75, 3.05) is 4.90 Å². The first-order chi connectivity index (χ1) is 15.5. The van der Waals surface area contributed by atoms with Crippen LogP contribution in [-0.4, -0.2) is 16.0 Å². The van der Waals surface area contributed by atoms with Crippen LogP contribution in [0.2, 0.25) is 5.02 Å². The van der Waals surface area contributed by atoms with Crippen LogP contribution in [0.25, 0.3) is 21.2 Å². The Morgan fingerprint density at radius 2 is 1.88 bits per heavy atom. The summed E-state index contributed by atoms with van der Waals surface area (Å²) in [6.45, 7) is 0. The molecule has 3 heterocycles. The van der Waals surface area contributed by atoms with E-state index in [0.717, 1.165) is 4.70 Å². The van der Waals surface area contributed by atoms with Crippen molar-refractivity contribution in [2.45, 2.75) is 6.04 Å². The molecule has 1 atom stereocenters. The summed E-state index contributed by atoms with van der Waals surface area (Å²) in [6, 6.07) is 17.9. The number of thiazole rings is 1. The second-order valence-electron chi connectivity index (χ2n) is 7.45. The van der Waals surface area contributed by atoms with Gasteiger partial charge in [0.25, 0.3) is 5.91 Å². The van der Waals surface area contributed by atoms with Gasteiger partial charge in [0.2, 0.25) is 5.76 Å². The molecule has 1 N–H and O–H groups in total. The Labute approximate surface area is 189 Å². The van der Waals surface area contributed by atoms with Gasteiger partial charge in [0, 0.05) is 5.02 Å². The molecule has 1 aliphatic heterocycles. The topological polar surface area (TPSA) is 83.6 Å². The van der Waals surface area contributed by atoms with Gasteiger partial charge in [-0.15, -0.1) is 0 Å². The fraction of sp³-hybridized carbons (Fsp3) is 0.0417. The van der Waals surface area contributed by atoms with Crippen molar-refractivity contribution in [2.24, 2.45) is 0 Å². The highest BCUT2D eigenvalue weighted by Gasteiger charge is 2.45. The number of fused-ring (bicyclic) bond motifs is 3. The molecule has 0 saturated heterocycles. The second-order valence-corrected chi connectivity index (χ2v) is 8.90. The number of para-hydroxylation sites is 1. The maximum Gasteiger partial charge on any atom is 0.297 e. The predicted octanol–water partition coefficient (Wildman–Crippen LogP) is 5.51. The van der Waals surface area contributed by atoms with Crippen LogP contribution in [0, 0.1) is 0 Å². The minimum Gasteiger partial charge on any atom is -0.508 e. The standard InChI is InChI=1S/C24H13ClN2O4S/c25-13-8-9-16-18(11-13)32-24(26-16)27-20(12-4-3-5-14(28)10-12)19-21(29)15-6-1-2-7-17(15)31-22(19)23(27)30/h1-11,20,28H/t20-/m0/s1. The molecule has 6 rings (SSSR count). The first kappa shape index (κ1) is 19.0. The SMILES string of the molecule is O=C1c2oc3ccccc3c(=O)c2[C@H](c2cccc(O)c2)N1c1nc2ccc(Cl)cc2s1. The summed E-state index contributed by atoms with van der Waals surface area (Å²) in [5.74, 6) is -0.440. The Hall–Kier alpha value is -3.68. The van der Waals surface area contributed by atoms with Crippen LogP contribution in [0.4, 0.5) is 5.13 Å². The fourth-order valence-corrected chi connectivity index (χ4v) is 5.38. The van der Waals surface area contributed by atoms with E-state index in [-0.39, 0.29) is 22.5 Å². The number of aromatic hydroxyl groups is 1. The molecule has 0 spiro atoms. The third-order valence-electron chi connectivity index (χ3n) is 5.51. The van der Waals surface area contributed by atoms with Gasteiger partial charge in [0.1, 0.15) is 11.3 Å². The highest BCUT2D eigenvalue weighted by Crippen LogP contribution is 2.44. The maximum absolute atomic E-state index is 13.6. The van der Waals surface area contributed by atoms with Gasteiger partial charge in [0.05, 0.1) is 27.2 Å². The average Bonchev–Trinajstić information content (AvgIpc) is 3.32. The Kier molecular flexibility index (Phi) is 4.11. The molecule has 2 aromatic heterocycles. The van der Waals surface area contributed by atoms with E-state index in [1.54, 1.807) is 60.7 Å². The maximum atomic E-state index is 13.6. The zero-order valence-electron chi connectivity index (χ0n) is 16.3. The summed E-state index contributed by atoms with van der Waals surface area (Å²) in [5, 5.41) is 11.5. The van der Waals surface area contributed by atoms with Crippen molar-refractivity contribution in [3.63, 3.8) is 0 Å². The van der Waals surface area contributed by atoms with E-state index >= 15 is 0 Å². The molecule has 0 fully saturated rings. The number of hydrogen-bond acceptors (Lipinski definition) is 6. The molecule has 156 valence electrons. The van der Waals surface area contributed by atoms with Gasteiger partial charge in [-0.05, 0) is 48.0 Å². The minimum absolute atomic E-state index is 0.0145. The third-order valence-corrected chi connectivity index (χ3v) is 6.76. The number of carbonyl (C=O) groups is 1. The summed E-state index contributed by atoms with van der Waals surface area (Å²) < 4.78 is 6.74. The van der Waals surface area contributed by atoms with E-state index in [0.29, 0.717) is 32.2 Å². The number of halogens is 1. The molecule has 5 aromatic rings. The van der Waals surface area contributed by atoms with Gasteiger partial charge >= 0.3 is 0 Å². The van der Waals surface area contributed by atoms with Gasteiger partial charge in [0.15, 0.2) is 10.6 Å². The van der Waals surface area contributed by atoms with Crippen molar-refractivity contribution < 1.29 is 14.3 Å². The molecule has 1 amide bonds. The number of nitrogens with zero attached hydrogens (tertiary/aromatic N) is 2. The molecular weight excluding hydrogens is 448 g/mol. The average molecular weight is 461 g/mol. The Bertz CT molecular complexity index is 1620. The molecule has 0 radical (unpaired) electrons. The molecule has 3 aromatic carbocycles. The molecule has 0 unspecified atom stereocenters. The number of phenolic OH excluding ortho intramolecular Hbond substituents is 1. The van der Waals surface area contributed by atoms with Crippen LogP contribution >= 0.6 is 22.9 Å². The lowest BCUT2D eigenvalue weighted by atomic mass is 9.98. The molecule has 0 aliphatic carbocycles. The van der Waals surface area contributed by atoms with E-state index in [2.05, 4.69) is 4.98 Å². The van der Waals surface area contributed by atoms with Gasteiger partial charge in [-0.2, -0.15) is 0 Å².